The quantitative estimate of drug-likeness (QED) is 0.192. The SMILES string of the molecule is COC(=O)[C@@H](Cc1c2ccccc2cc2ccccc12)NC(=O)[C@@H]1Cc2ccccc2CN1C(=O)OCc1ccccc1. The van der Waals surface area contributed by atoms with Crippen LogP contribution in [-0.4, -0.2) is 42.1 Å². The molecule has 1 heterocycles. The van der Waals surface area contributed by atoms with Gasteiger partial charge in [-0.3, -0.25) is 9.69 Å². The molecule has 1 aliphatic rings. The van der Waals surface area contributed by atoms with Crippen molar-refractivity contribution >= 4 is 39.5 Å². The molecule has 2 atom stereocenters. The van der Waals surface area contributed by atoms with E-state index in [1.807, 2.05) is 103 Å². The van der Waals surface area contributed by atoms with Gasteiger partial charge < -0.3 is 14.8 Å². The first-order valence-electron chi connectivity index (χ1n) is 14.3. The van der Waals surface area contributed by atoms with E-state index in [9.17, 15) is 14.4 Å². The van der Waals surface area contributed by atoms with Gasteiger partial charge in [0.15, 0.2) is 0 Å². The van der Waals surface area contributed by atoms with Crippen LogP contribution in [0.5, 0.6) is 0 Å². The Morgan fingerprint density at radius 1 is 0.814 bits per heavy atom. The third-order valence-corrected chi connectivity index (χ3v) is 8.08. The topological polar surface area (TPSA) is 84.9 Å². The summed E-state index contributed by atoms with van der Waals surface area (Å²) in [5.41, 5.74) is 3.72. The zero-order valence-corrected chi connectivity index (χ0v) is 23.9. The van der Waals surface area contributed by atoms with E-state index < -0.39 is 30.1 Å². The maximum Gasteiger partial charge on any atom is 0.411 e. The summed E-state index contributed by atoms with van der Waals surface area (Å²) in [5, 5.41) is 7.03. The Bertz CT molecular complexity index is 1750. The van der Waals surface area contributed by atoms with Crippen LogP contribution in [-0.2, 0) is 45.1 Å². The molecular weight excluding hydrogens is 540 g/mol. The van der Waals surface area contributed by atoms with Gasteiger partial charge in [0.05, 0.1) is 13.7 Å². The first-order valence-corrected chi connectivity index (χ1v) is 14.3. The van der Waals surface area contributed by atoms with Gasteiger partial charge in [-0.25, -0.2) is 9.59 Å². The number of benzene rings is 5. The van der Waals surface area contributed by atoms with Crippen LogP contribution in [0, 0.1) is 0 Å². The highest BCUT2D eigenvalue weighted by Crippen LogP contribution is 2.30. The van der Waals surface area contributed by atoms with Crippen LogP contribution >= 0.6 is 0 Å². The highest BCUT2D eigenvalue weighted by Gasteiger charge is 2.37. The van der Waals surface area contributed by atoms with Crippen LogP contribution in [0.15, 0.2) is 109 Å². The van der Waals surface area contributed by atoms with Crippen molar-refractivity contribution in [2.45, 2.75) is 38.1 Å². The molecule has 0 fully saturated rings. The van der Waals surface area contributed by atoms with Gasteiger partial charge in [0.2, 0.25) is 5.91 Å². The minimum Gasteiger partial charge on any atom is -0.467 e. The molecule has 0 aromatic heterocycles. The molecule has 0 saturated carbocycles. The molecule has 5 aromatic carbocycles. The minimum absolute atomic E-state index is 0.0884. The number of hydrogen-bond donors (Lipinski definition) is 1. The highest BCUT2D eigenvalue weighted by atomic mass is 16.6. The van der Waals surface area contributed by atoms with Crippen molar-refractivity contribution in [1.29, 1.82) is 0 Å². The second kappa shape index (κ2) is 12.4. The summed E-state index contributed by atoms with van der Waals surface area (Å²) in [4.78, 5) is 41.9. The Hall–Kier alpha value is -5.17. The molecule has 6 rings (SSSR count). The van der Waals surface area contributed by atoms with Gasteiger partial charge in [0.1, 0.15) is 18.7 Å². The predicted octanol–water partition coefficient (Wildman–Crippen LogP) is 5.96. The molecule has 1 aliphatic heterocycles. The molecule has 0 unspecified atom stereocenters. The van der Waals surface area contributed by atoms with Crippen LogP contribution < -0.4 is 5.32 Å². The summed E-state index contributed by atoms with van der Waals surface area (Å²) < 4.78 is 10.8. The van der Waals surface area contributed by atoms with Crippen molar-refractivity contribution in [3.05, 3.63) is 131 Å². The van der Waals surface area contributed by atoms with Gasteiger partial charge in [0.25, 0.3) is 0 Å². The van der Waals surface area contributed by atoms with Crippen molar-refractivity contribution < 1.29 is 23.9 Å². The first kappa shape index (κ1) is 28.0. The number of hydrogen-bond acceptors (Lipinski definition) is 5. The molecule has 0 spiro atoms. The van der Waals surface area contributed by atoms with Gasteiger partial charge in [-0.15, -0.1) is 0 Å². The van der Waals surface area contributed by atoms with E-state index >= 15 is 0 Å². The van der Waals surface area contributed by atoms with Crippen molar-refractivity contribution in [1.82, 2.24) is 10.2 Å². The number of carbonyl (C=O) groups excluding carboxylic acids is 3. The van der Waals surface area contributed by atoms with Crippen molar-refractivity contribution in [3.63, 3.8) is 0 Å². The van der Waals surface area contributed by atoms with Gasteiger partial charge >= 0.3 is 12.1 Å². The molecule has 7 heteroatoms. The summed E-state index contributed by atoms with van der Waals surface area (Å²) in [6.45, 7) is 0.309. The van der Waals surface area contributed by atoms with Gasteiger partial charge in [0, 0.05) is 12.8 Å². The van der Waals surface area contributed by atoms with Crippen LogP contribution in [0.2, 0.25) is 0 Å². The molecule has 0 saturated heterocycles. The Balaban J connectivity index is 1.29. The second-order valence-electron chi connectivity index (χ2n) is 10.7. The second-order valence-corrected chi connectivity index (χ2v) is 10.7. The molecule has 5 aromatic rings. The Labute approximate surface area is 250 Å². The van der Waals surface area contributed by atoms with Crippen LogP contribution in [0.1, 0.15) is 22.3 Å². The molecule has 2 amide bonds. The maximum atomic E-state index is 14.0. The average molecular weight is 573 g/mol. The first-order chi connectivity index (χ1) is 21.0. The number of nitrogens with zero attached hydrogens (tertiary/aromatic N) is 1. The normalized spacial score (nSPS) is 15.0. The van der Waals surface area contributed by atoms with E-state index in [0.29, 0.717) is 6.42 Å². The van der Waals surface area contributed by atoms with E-state index in [1.165, 1.54) is 12.0 Å². The van der Waals surface area contributed by atoms with E-state index in [1.54, 1.807) is 0 Å². The number of nitrogens with one attached hydrogen (secondary N) is 1. The minimum atomic E-state index is -0.967. The number of amides is 2. The summed E-state index contributed by atoms with van der Waals surface area (Å²) in [6.07, 6.45) is -0.0663. The Morgan fingerprint density at radius 3 is 2.09 bits per heavy atom. The van der Waals surface area contributed by atoms with Crippen LogP contribution in [0.3, 0.4) is 0 Å². The number of methoxy groups -OCH3 is 1. The molecule has 0 bridgehead atoms. The number of carbonyl (C=O) groups is 3. The van der Waals surface area contributed by atoms with Crippen molar-refractivity contribution in [2.75, 3.05) is 7.11 Å². The predicted molar refractivity (Wildman–Crippen MR) is 165 cm³/mol. The summed E-state index contributed by atoms with van der Waals surface area (Å²) in [6, 6.07) is 33.4. The van der Waals surface area contributed by atoms with Crippen LogP contribution in [0.4, 0.5) is 4.79 Å². The average Bonchev–Trinajstić information content (AvgIpc) is 3.06. The van der Waals surface area contributed by atoms with E-state index in [2.05, 4.69) is 11.4 Å². The lowest BCUT2D eigenvalue weighted by atomic mass is 9.91. The van der Waals surface area contributed by atoms with E-state index in [0.717, 1.165) is 43.8 Å². The lowest BCUT2D eigenvalue weighted by Crippen LogP contribution is -2.56. The zero-order chi connectivity index (χ0) is 29.8. The highest BCUT2D eigenvalue weighted by molar-refractivity contribution is 6.03. The number of fused-ring (bicyclic) bond motifs is 3. The third kappa shape index (κ3) is 5.93. The fourth-order valence-corrected chi connectivity index (χ4v) is 5.89. The van der Waals surface area contributed by atoms with Gasteiger partial charge in [-0.05, 0) is 49.9 Å². The van der Waals surface area contributed by atoms with E-state index in [4.69, 9.17) is 9.47 Å². The summed E-state index contributed by atoms with van der Waals surface area (Å²) >= 11 is 0. The lowest BCUT2D eigenvalue weighted by molar-refractivity contribution is -0.145. The molecular formula is C36H32N2O5. The number of esters is 1. The van der Waals surface area contributed by atoms with Gasteiger partial charge in [-0.1, -0.05) is 103 Å². The van der Waals surface area contributed by atoms with Gasteiger partial charge in [-0.2, -0.15) is 0 Å². The standard InChI is InChI=1S/C36H32N2O5/c1-42-35(40)32(21-31-29-17-9-7-14-26(29)19-27-15-8-10-18-30(27)31)37-34(39)33-20-25-13-5-6-16-28(25)22-38(33)36(41)43-23-24-11-3-2-4-12-24/h2-19,32-33H,20-23H2,1H3,(H,37,39)/t32-,33+/m1/s1. The molecule has 1 N–H and O–H groups in total. The third-order valence-electron chi connectivity index (χ3n) is 8.08. The molecule has 216 valence electrons. The Morgan fingerprint density at radius 2 is 1.42 bits per heavy atom. The van der Waals surface area contributed by atoms with E-state index in [-0.39, 0.29) is 19.6 Å². The van der Waals surface area contributed by atoms with Crippen molar-refractivity contribution in [3.8, 4) is 0 Å². The zero-order valence-electron chi connectivity index (χ0n) is 23.9. The molecule has 7 nitrogen and oxygen atoms in total. The smallest absolute Gasteiger partial charge is 0.411 e. The largest absolute Gasteiger partial charge is 0.467 e. The fraction of sp³-hybridized carbons (Fsp3) is 0.194. The number of rotatable bonds is 7. The van der Waals surface area contributed by atoms with Crippen LogP contribution in [0.25, 0.3) is 21.5 Å². The summed E-state index contributed by atoms with van der Waals surface area (Å²) in [5.74, 6) is -0.995. The summed E-state index contributed by atoms with van der Waals surface area (Å²) in [7, 11) is 1.31. The number of ether oxygens (including phenoxy) is 2. The lowest BCUT2D eigenvalue weighted by Gasteiger charge is -2.35. The molecule has 43 heavy (non-hydrogen) atoms. The molecule has 0 radical (unpaired) electrons. The monoisotopic (exact) mass is 572 g/mol. The Kier molecular flexibility index (Phi) is 8.05. The fourth-order valence-electron chi connectivity index (χ4n) is 5.89. The maximum absolute atomic E-state index is 14.0. The molecule has 0 aliphatic carbocycles. The van der Waals surface area contributed by atoms with Crippen molar-refractivity contribution in [2.24, 2.45) is 0 Å².